The fraction of sp³-hybridized carbons (Fsp3) is 0.143. The molecule has 0 atom stereocenters. The normalized spacial score (nSPS) is 10.3. The molecule has 3 nitrogen and oxygen atoms in total. The Hall–Kier alpha value is -1.39. The van der Waals surface area contributed by atoms with Crippen LogP contribution in [0.1, 0.15) is 5.56 Å². The first-order valence-electron chi connectivity index (χ1n) is 5.64. The zero-order chi connectivity index (χ0) is 13.8. The molecule has 100 valence electrons. The number of methoxy groups -OCH3 is 1. The summed E-state index contributed by atoms with van der Waals surface area (Å²) in [6, 6.07) is 10.9. The molecule has 0 spiro atoms. The zero-order valence-corrected chi connectivity index (χ0v) is 12.6. The number of hydrogen-bond acceptors (Lipinski definition) is 3. The van der Waals surface area contributed by atoms with E-state index in [1.54, 1.807) is 19.2 Å². The number of aromatic hydroxyl groups is 1. The first-order valence-corrected chi connectivity index (χ1v) is 6.81. The lowest BCUT2D eigenvalue weighted by atomic mass is 10.2. The first kappa shape index (κ1) is 14.0. The molecule has 5 heteroatoms. The summed E-state index contributed by atoms with van der Waals surface area (Å²) in [7, 11) is 1.63. The van der Waals surface area contributed by atoms with E-state index >= 15 is 0 Å². The van der Waals surface area contributed by atoms with E-state index in [-0.39, 0.29) is 5.75 Å². The average Bonchev–Trinajstić information content (AvgIpc) is 2.39. The van der Waals surface area contributed by atoms with Gasteiger partial charge in [-0.1, -0.05) is 33.6 Å². The molecular weight excluding hydrogens is 330 g/mol. The molecule has 2 aromatic rings. The van der Waals surface area contributed by atoms with Crippen LogP contribution in [-0.2, 0) is 6.54 Å². The molecule has 0 radical (unpaired) electrons. The van der Waals surface area contributed by atoms with Crippen molar-refractivity contribution in [3.8, 4) is 11.5 Å². The fourth-order valence-electron chi connectivity index (χ4n) is 1.65. The molecule has 0 aliphatic heterocycles. The summed E-state index contributed by atoms with van der Waals surface area (Å²) in [6.45, 7) is 0.611. The maximum absolute atomic E-state index is 9.36. The van der Waals surface area contributed by atoms with E-state index in [0.717, 1.165) is 21.5 Å². The lowest BCUT2D eigenvalue weighted by Crippen LogP contribution is -1.99. The summed E-state index contributed by atoms with van der Waals surface area (Å²) in [5.41, 5.74) is 1.93. The van der Waals surface area contributed by atoms with Crippen molar-refractivity contribution in [3.63, 3.8) is 0 Å². The van der Waals surface area contributed by atoms with Crippen LogP contribution in [-0.4, -0.2) is 12.2 Å². The number of phenolic OH excluding ortho intramolecular Hbond substituents is 1. The molecule has 0 saturated heterocycles. The van der Waals surface area contributed by atoms with Crippen molar-refractivity contribution in [2.45, 2.75) is 6.54 Å². The van der Waals surface area contributed by atoms with Crippen LogP contribution in [0.5, 0.6) is 11.5 Å². The number of halogens is 2. The van der Waals surface area contributed by atoms with Gasteiger partial charge in [0.1, 0.15) is 11.5 Å². The minimum atomic E-state index is 0.0922. The highest BCUT2D eigenvalue weighted by atomic mass is 79.9. The summed E-state index contributed by atoms with van der Waals surface area (Å²) < 4.78 is 6.14. The third kappa shape index (κ3) is 3.78. The smallest absolute Gasteiger partial charge is 0.134 e. The van der Waals surface area contributed by atoms with Crippen molar-refractivity contribution in [3.05, 3.63) is 51.5 Å². The predicted octanol–water partition coefficient (Wildman–Crippen LogP) is 4.43. The summed E-state index contributed by atoms with van der Waals surface area (Å²) in [5.74, 6) is 0.871. The highest BCUT2D eigenvalue weighted by Gasteiger charge is 2.02. The molecule has 0 amide bonds. The highest BCUT2D eigenvalue weighted by molar-refractivity contribution is 9.10. The van der Waals surface area contributed by atoms with Crippen LogP contribution in [0, 0.1) is 0 Å². The van der Waals surface area contributed by atoms with E-state index < -0.39 is 0 Å². The van der Waals surface area contributed by atoms with E-state index in [1.165, 1.54) is 0 Å². The Morgan fingerprint density at radius 1 is 1.26 bits per heavy atom. The average molecular weight is 343 g/mol. The molecular formula is C14H13BrClNO2. The van der Waals surface area contributed by atoms with Crippen LogP contribution in [0.15, 0.2) is 40.9 Å². The molecule has 2 rings (SSSR count). The Morgan fingerprint density at radius 3 is 2.74 bits per heavy atom. The molecule has 0 saturated carbocycles. The molecule has 2 aromatic carbocycles. The van der Waals surface area contributed by atoms with Gasteiger partial charge < -0.3 is 15.2 Å². The van der Waals surface area contributed by atoms with Gasteiger partial charge in [0.15, 0.2) is 0 Å². The Balaban J connectivity index is 2.09. The van der Waals surface area contributed by atoms with Crippen LogP contribution >= 0.6 is 27.5 Å². The van der Waals surface area contributed by atoms with Crippen molar-refractivity contribution in [1.29, 1.82) is 0 Å². The van der Waals surface area contributed by atoms with Crippen LogP contribution in [0.25, 0.3) is 0 Å². The molecule has 0 unspecified atom stereocenters. The zero-order valence-electron chi connectivity index (χ0n) is 10.3. The molecule has 0 aromatic heterocycles. The van der Waals surface area contributed by atoms with E-state index in [2.05, 4.69) is 21.2 Å². The van der Waals surface area contributed by atoms with Gasteiger partial charge >= 0.3 is 0 Å². The second kappa shape index (κ2) is 6.17. The maximum atomic E-state index is 9.36. The molecule has 19 heavy (non-hydrogen) atoms. The second-order valence-corrected chi connectivity index (χ2v) is 5.34. The van der Waals surface area contributed by atoms with Crippen LogP contribution in [0.3, 0.4) is 0 Å². The first-order chi connectivity index (χ1) is 9.08. The van der Waals surface area contributed by atoms with Crippen LogP contribution in [0.2, 0.25) is 5.02 Å². The van der Waals surface area contributed by atoms with Crippen molar-refractivity contribution in [2.24, 2.45) is 0 Å². The van der Waals surface area contributed by atoms with Gasteiger partial charge in [-0.05, 0) is 29.8 Å². The summed E-state index contributed by atoms with van der Waals surface area (Å²) >= 11 is 9.29. The standard InChI is InChI=1S/C14H13BrClNO2/c1-19-12-6-10(15)5-11(7-12)17-8-9-2-3-14(18)13(16)4-9/h2-7,17-18H,8H2,1H3. The Labute approximate surface area is 125 Å². The van der Waals surface area contributed by atoms with Gasteiger partial charge in [0.05, 0.1) is 12.1 Å². The molecule has 0 aliphatic carbocycles. The maximum Gasteiger partial charge on any atom is 0.134 e. The van der Waals surface area contributed by atoms with Gasteiger partial charge in [0.2, 0.25) is 0 Å². The van der Waals surface area contributed by atoms with Gasteiger partial charge in [-0.3, -0.25) is 0 Å². The SMILES string of the molecule is COc1cc(Br)cc(NCc2ccc(O)c(Cl)c2)c1. The number of rotatable bonds is 4. The summed E-state index contributed by atoms with van der Waals surface area (Å²) in [5, 5.41) is 13.0. The number of benzene rings is 2. The van der Waals surface area contributed by atoms with Crippen molar-refractivity contribution in [1.82, 2.24) is 0 Å². The van der Waals surface area contributed by atoms with E-state index in [9.17, 15) is 5.11 Å². The third-order valence-electron chi connectivity index (χ3n) is 2.62. The number of hydrogen-bond donors (Lipinski definition) is 2. The monoisotopic (exact) mass is 341 g/mol. The lowest BCUT2D eigenvalue weighted by Gasteiger charge is -2.10. The fourth-order valence-corrected chi connectivity index (χ4v) is 2.32. The predicted molar refractivity (Wildman–Crippen MR) is 81.1 cm³/mol. The number of phenols is 1. The number of anilines is 1. The molecule has 0 heterocycles. The van der Waals surface area contributed by atoms with Crippen LogP contribution in [0.4, 0.5) is 5.69 Å². The van der Waals surface area contributed by atoms with Gasteiger partial charge in [-0.25, -0.2) is 0 Å². The molecule has 0 bridgehead atoms. The molecule has 0 aliphatic rings. The van der Waals surface area contributed by atoms with E-state index in [4.69, 9.17) is 16.3 Å². The summed E-state index contributed by atoms with van der Waals surface area (Å²) in [4.78, 5) is 0. The minimum absolute atomic E-state index is 0.0922. The Bertz CT molecular complexity index is 590. The van der Waals surface area contributed by atoms with Crippen molar-refractivity contribution >= 4 is 33.2 Å². The molecule has 0 fully saturated rings. The van der Waals surface area contributed by atoms with Gasteiger partial charge in [0.25, 0.3) is 0 Å². The molecule has 2 N–H and O–H groups in total. The summed E-state index contributed by atoms with van der Waals surface area (Å²) in [6.07, 6.45) is 0. The topological polar surface area (TPSA) is 41.5 Å². The lowest BCUT2D eigenvalue weighted by molar-refractivity contribution is 0.414. The van der Waals surface area contributed by atoms with Crippen LogP contribution < -0.4 is 10.1 Å². The van der Waals surface area contributed by atoms with Gasteiger partial charge in [0, 0.05) is 22.8 Å². The minimum Gasteiger partial charge on any atom is -0.506 e. The van der Waals surface area contributed by atoms with E-state index in [0.29, 0.717) is 11.6 Å². The number of ether oxygens (including phenoxy) is 1. The van der Waals surface area contributed by atoms with Gasteiger partial charge in [-0.15, -0.1) is 0 Å². The third-order valence-corrected chi connectivity index (χ3v) is 3.38. The second-order valence-electron chi connectivity index (χ2n) is 4.02. The Morgan fingerprint density at radius 2 is 2.05 bits per heavy atom. The Kier molecular flexibility index (Phi) is 4.56. The quantitative estimate of drug-likeness (QED) is 0.863. The largest absolute Gasteiger partial charge is 0.506 e. The van der Waals surface area contributed by atoms with E-state index in [1.807, 2.05) is 24.3 Å². The van der Waals surface area contributed by atoms with Crippen molar-refractivity contribution < 1.29 is 9.84 Å². The number of nitrogens with one attached hydrogen (secondary N) is 1. The highest BCUT2D eigenvalue weighted by Crippen LogP contribution is 2.26. The van der Waals surface area contributed by atoms with Gasteiger partial charge in [-0.2, -0.15) is 0 Å². The van der Waals surface area contributed by atoms with Crippen molar-refractivity contribution in [2.75, 3.05) is 12.4 Å².